The van der Waals surface area contributed by atoms with Crippen molar-refractivity contribution in [2.75, 3.05) is 14.2 Å². The van der Waals surface area contributed by atoms with E-state index in [4.69, 9.17) is 31.0 Å². The van der Waals surface area contributed by atoms with Crippen molar-refractivity contribution in [1.82, 2.24) is 0 Å². The summed E-state index contributed by atoms with van der Waals surface area (Å²) in [6.45, 7) is 7.40. The maximum absolute atomic E-state index is 6.39. The van der Waals surface area contributed by atoms with Gasteiger partial charge in [-0.2, -0.15) is 0 Å². The highest BCUT2D eigenvalue weighted by Gasteiger charge is 2.30. The highest BCUT2D eigenvalue weighted by Crippen LogP contribution is 2.25. The summed E-state index contributed by atoms with van der Waals surface area (Å²) in [6, 6.07) is 2.96. The summed E-state index contributed by atoms with van der Waals surface area (Å²) < 4.78 is 10.8. The van der Waals surface area contributed by atoms with Gasteiger partial charge in [0.25, 0.3) is 15.3 Å². The third kappa shape index (κ3) is 6.92. The van der Waals surface area contributed by atoms with Gasteiger partial charge in [0, 0.05) is 14.2 Å². The van der Waals surface area contributed by atoms with E-state index in [2.05, 4.69) is 13.2 Å². The third-order valence-electron chi connectivity index (χ3n) is 2.64. The van der Waals surface area contributed by atoms with Crippen molar-refractivity contribution in [1.29, 1.82) is 0 Å². The molecule has 2 unspecified atom stereocenters. The van der Waals surface area contributed by atoms with Crippen LogP contribution in [0.1, 0.15) is 0 Å². The van der Waals surface area contributed by atoms with Gasteiger partial charge in [-0.3, -0.25) is 0 Å². The molecule has 2 atom stereocenters. The highest BCUT2D eigenvalue weighted by atomic mass is 35.6. The molecule has 0 bridgehead atoms. The second kappa shape index (κ2) is 9.12. The molecular weight excluding hydrogens is 303 g/mol. The predicted octanol–water partition coefficient (Wildman–Crippen LogP) is 4.57. The Morgan fingerprint density at radius 1 is 0.833 bits per heavy atom. The smallest absolute Gasteiger partial charge is 0.297 e. The van der Waals surface area contributed by atoms with Gasteiger partial charge in [-0.15, -0.1) is 35.3 Å². The van der Waals surface area contributed by atoms with Crippen LogP contribution >= 0.6 is 22.2 Å². The van der Waals surface area contributed by atoms with Crippen LogP contribution in [0.2, 0.25) is 24.2 Å². The lowest BCUT2D eigenvalue weighted by Gasteiger charge is -2.20. The molecule has 0 aliphatic carbocycles. The van der Waals surface area contributed by atoms with E-state index < -0.39 is 15.3 Å². The van der Waals surface area contributed by atoms with E-state index in [1.165, 1.54) is 0 Å². The molecule has 0 aliphatic rings. The van der Waals surface area contributed by atoms with Crippen molar-refractivity contribution in [2.24, 2.45) is 0 Å². The van der Waals surface area contributed by atoms with E-state index in [0.29, 0.717) is 0 Å². The molecule has 0 spiro atoms. The number of halogens is 2. The second-order valence-corrected chi connectivity index (χ2v) is 14.2. The molecule has 0 saturated heterocycles. The lowest BCUT2D eigenvalue weighted by molar-refractivity contribution is 0.414. The predicted molar refractivity (Wildman–Crippen MR) is 86.0 cm³/mol. The highest BCUT2D eigenvalue weighted by molar-refractivity contribution is 7.17. The van der Waals surface area contributed by atoms with Gasteiger partial charge in [0.1, 0.15) is 0 Å². The summed E-state index contributed by atoms with van der Waals surface area (Å²) in [5, 5.41) is 0. The van der Waals surface area contributed by atoms with E-state index in [1.807, 2.05) is 24.3 Å². The maximum Gasteiger partial charge on any atom is 0.297 e. The Hall–Kier alpha value is 0.154. The molecule has 0 fully saturated rings. The summed E-state index contributed by atoms with van der Waals surface area (Å²) in [7, 11) is -1.03. The molecule has 2 nitrogen and oxygen atoms in total. The maximum atomic E-state index is 6.39. The number of hydrogen-bond donors (Lipinski definition) is 0. The average molecular weight is 325 g/mol. The molecule has 18 heavy (non-hydrogen) atoms. The summed E-state index contributed by atoms with van der Waals surface area (Å²) >= 11 is 12.8. The minimum Gasteiger partial charge on any atom is -0.406 e. The fourth-order valence-corrected chi connectivity index (χ4v) is 5.54. The first-order valence-corrected chi connectivity index (χ1v) is 12.5. The molecule has 0 aromatic rings. The van der Waals surface area contributed by atoms with Crippen LogP contribution in [0.15, 0.2) is 37.5 Å². The van der Waals surface area contributed by atoms with Gasteiger partial charge in [-0.05, 0) is 24.2 Å². The monoisotopic (exact) mass is 324 g/mol. The van der Waals surface area contributed by atoms with E-state index in [9.17, 15) is 0 Å². The zero-order valence-electron chi connectivity index (χ0n) is 11.1. The van der Waals surface area contributed by atoms with Gasteiger partial charge in [0.15, 0.2) is 0 Å². The third-order valence-corrected chi connectivity index (χ3v) is 10.4. The Bertz CT molecular complexity index is 272. The van der Waals surface area contributed by atoms with Crippen molar-refractivity contribution in [3.63, 3.8) is 0 Å². The van der Waals surface area contributed by atoms with Crippen molar-refractivity contribution in [2.45, 2.75) is 24.2 Å². The van der Waals surface area contributed by atoms with Crippen LogP contribution < -0.4 is 0 Å². The first-order valence-electron chi connectivity index (χ1n) is 5.80. The van der Waals surface area contributed by atoms with Gasteiger partial charge < -0.3 is 8.85 Å². The Balaban J connectivity index is 4.31. The van der Waals surface area contributed by atoms with Crippen molar-refractivity contribution in [3.8, 4) is 0 Å². The lowest BCUT2D eigenvalue weighted by Crippen LogP contribution is -2.29. The Morgan fingerprint density at radius 2 is 1.17 bits per heavy atom. The van der Waals surface area contributed by atoms with Gasteiger partial charge >= 0.3 is 0 Å². The molecular formula is C12H22Cl2O2Si2. The molecule has 6 heteroatoms. The first kappa shape index (κ1) is 18.2. The van der Waals surface area contributed by atoms with Crippen LogP contribution in [-0.4, -0.2) is 29.5 Å². The Kier molecular flexibility index (Phi) is 9.20. The molecule has 0 aromatic heterocycles. The van der Waals surface area contributed by atoms with E-state index >= 15 is 0 Å². The van der Waals surface area contributed by atoms with E-state index in [-0.39, 0.29) is 0 Å². The zero-order valence-corrected chi connectivity index (χ0v) is 14.6. The van der Waals surface area contributed by atoms with Crippen LogP contribution in [0, 0.1) is 0 Å². The van der Waals surface area contributed by atoms with E-state index in [1.54, 1.807) is 14.2 Å². The zero-order chi connectivity index (χ0) is 14.1. The summed E-state index contributed by atoms with van der Waals surface area (Å²) in [5.41, 5.74) is 0. The number of allylic oxidation sites excluding steroid dienone is 4. The standard InChI is InChI=1S/C12H22Cl2O2Si2/c1-5-9-17(13,15-3)11-7-8-12-18(14,16-4)10-6-2/h5-8H,1-2,9-12H2,3-4H3/b8-7+. The van der Waals surface area contributed by atoms with Crippen LogP contribution in [0.4, 0.5) is 0 Å². The fourth-order valence-electron chi connectivity index (χ4n) is 1.45. The van der Waals surface area contributed by atoms with Gasteiger partial charge in [-0.1, -0.05) is 24.3 Å². The Labute approximate surface area is 122 Å². The summed E-state index contributed by atoms with van der Waals surface area (Å²) in [4.78, 5) is 0. The lowest BCUT2D eigenvalue weighted by atomic mass is 10.6. The Morgan fingerprint density at radius 3 is 1.39 bits per heavy atom. The molecule has 104 valence electrons. The van der Waals surface area contributed by atoms with E-state index in [0.717, 1.165) is 24.2 Å². The molecule has 0 aromatic carbocycles. The van der Waals surface area contributed by atoms with Crippen molar-refractivity contribution < 1.29 is 8.85 Å². The average Bonchev–Trinajstić information content (AvgIpc) is 2.35. The van der Waals surface area contributed by atoms with Gasteiger partial charge in [-0.25, -0.2) is 0 Å². The van der Waals surface area contributed by atoms with Crippen LogP contribution in [0.3, 0.4) is 0 Å². The quantitative estimate of drug-likeness (QED) is 0.333. The largest absolute Gasteiger partial charge is 0.406 e. The SMILES string of the molecule is C=CC[Si](Cl)(C/C=C/C[Si](Cl)(CC=C)OC)OC. The van der Waals surface area contributed by atoms with Gasteiger partial charge in [0.2, 0.25) is 0 Å². The summed E-state index contributed by atoms with van der Waals surface area (Å²) in [6.07, 6.45) is 7.70. The molecule has 0 heterocycles. The normalized spacial score (nSPS) is 18.2. The molecule has 0 aliphatic heterocycles. The van der Waals surface area contributed by atoms with Crippen LogP contribution in [0.25, 0.3) is 0 Å². The number of hydrogen-bond acceptors (Lipinski definition) is 2. The second-order valence-electron chi connectivity index (χ2n) is 4.04. The van der Waals surface area contributed by atoms with Crippen molar-refractivity contribution >= 4 is 37.4 Å². The molecule has 0 saturated carbocycles. The first-order chi connectivity index (χ1) is 8.45. The fraction of sp³-hybridized carbons (Fsp3) is 0.500. The van der Waals surface area contributed by atoms with Crippen LogP contribution in [-0.2, 0) is 8.85 Å². The minimum absolute atomic E-state index is 0.732. The van der Waals surface area contributed by atoms with Gasteiger partial charge in [0.05, 0.1) is 0 Å². The minimum atomic E-state index is -2.17. The molecule has 0 N–H and O–H groups in total. The number of rotatable bonds is 10. The van der Waals surface area contributed by atoms with Crippen LogP contribution in [0.5, 0.6) is 0 Å². The van der Waals surface area contributed by atoms with Crippen molar-refractivity contribution in [3.05, 3.63) is 37.5 Å². The molecule has 0 radical (unpaired) electrons. The summed E-state index contributed by atoms with van der Waals surface area (Å²) in [5.74, 6) is 0. The topological polar surface area (TPSA) is 18.5 Å². The molecule has 0 amide bonds. The molecule has 0 rings (SSSR count).